The molecule has 0 spiro atoms. The lowest BCUT2D eigenvalue weighted by Crippen LogP contribution is -2.51. The highest BCUT2D eigenvalue weighted by atomic mass is 16.2. The summed E-state index contributed by atoms with van der Waals surface area (Å²) >= 11 is 0. The Kier molecular flexibility index (Phi) is 4.44. The number of piperazine rings is 1. The topological polar surface area (TPSA) is 23.6 Å². The van der Waals surface area contributed by atoms with Crippen molar-refractivity contribution in [3.8, 4) is 0 Å². The van der Waals surface area contributed by atoms with Crippen LogP contribution >= 0.6 is 0 Å². The van der Waals surface area contributed by atoms with Crippen molar-refractivity contribution in [2.45, 2.75) is 26.3 Å². The second-order valence-electron chi connectivity index (χ2n) is 6.37. The summed E-state index contributed by atoms with van der Waals surface area (Å²) in [6.45, 7) is 8.11. The summed E-state index contributed by atoms with van der Waals surface area (Å²) in [5.41, 5.74) is 1.11. The van der Waals surface area contributed by atoms with Crippen LogP contribution in [0.15, 0.2) is 42.5 Å². The Morgan fingerprint density at radius 3 is 2.36 bits per heavy atom. The first-order chi connectivity index (χ1) is 10.6. The quantitative estimate of drug-likeness (QED) is 0.869. The van der Waals surface area contributed by atoms with E-state index in [2.05, 4.69) is 49.1 Å². The van der Waals surface area contributed by atoms with Crippen molar-refractivity contribution in [2.24, 2.45) is 0 Å². The van der Waals surface area contributed by atoms with Crippen molar-refractivity contribution in [1.29, 1.82) is 0 Å². The maximum atomic E-state index is 12.5. The number of carbonyl (C=O) groups is 1. The number of amides is 1. The minimum Gasteiger partial charge on any atom is -0.340 e. The van der Waals surface area contributed by atoms with E-state index in [1.54, 1.807) is 0 Å². The van der Waals surface area contributed by atoms with Crippen molar-refractivity contribution >= 4 is 16.7 Å². The molecule has 3 nitrogen and oxygen atoms in total. The Morgan fingerprint density at radius 1 is 1.00 bits per heavy atom. The molecule has 2 aromatic carbocycles. The summed E-state index contributed by atoms with van der Waals surface area (Å²) in [5, 5.41) is 2.43. The molecule has 1 aliphatic rings. The van der Waals surface area contributed by atoms with E-state index in [0.29, 0.717) is 12.5 Å². The molecule has 1 saturated heterocycles. The third kappa shape index (κ3) is 3.30. The van der Waals surface area contributed by atoms with Crippen molar-refractivity contribution in [2.75, 3.05) is 26.2 Å². The van der Waals surface area contributed by atoms with Crippen LogP contribution in [-0.4, -0.2) is 47.9 Å². The van der Waals surface area contributed by atoms with Gasteiger partial charge in [-0.1, -0.05) is 42.5 Å². The summed E-state index contributed by atoms with van der Waals surface area (Å²) in [7, 11) is 0. The van der Waals surface area contributed by atoms with Crippen LogP contribution in [0.1, 0.15) is 19.4 Å². The number of nitrogens with zero attached hydrogens (tertiary/aromatic N) is 2. The van der Waals surface area contributed by atoms with Gasteiger partial charge >= 0.3 is 0 Å². The monoisotopic (exact) mass is 296 g/mol. The van der Waals surface area contributed by atoms with Gasteiger partial charge in [-0.2, -0.15) is 0 Å². The summed E-state index contributed by atoms with van der Waals surface area (Å²) < 4.78 is 0. The molecule has 1 fully saturated rings. The van der Waals surface area contributed by atoms with Gasteiger partial charge in [0.1, 0.15) is 0 Å². The molecule has 0 N–H and O–H groups in total. The third-order valence-corrected chi connectivity index (χ3v) is 4.57. The molecule has 0 atom stereocenters. The second-order valence-corrected chi connectivity index (χ2v) is 6.37. The van der Waals surface area contributed by atoms with Gasteiger partial charge in [-0.15, -0.1) is 0 Å². The summed E-state index contributed by atoms with van der Waals surface area (Å²) in [6, 6.07) is 15.2. The molecule has 116 valence electrons. The van der Waals surface area contributed by atoms with Gasteiger partial charge in [0, 0.05) is 32.2 Å². The maximum absolute atomic E-state index is 12.5. The van der Waals surface area contributed by atoms with Gasteiger partial charge < -0.3 is 4.90 Å². The molecule has 0 bridgehead atoms. The molecule has 0 aliphatic carbocycles. The molecular weight excluding hydrogens is 272 g/mol. The zero-order valence-corrected chi connectivity index (χ0v) is 13.5. The molecule has 1 aliphatic heterocycles. The normalized spacial score (nSPS) is 16.4. The predicted octanol–water partition coefficient (Wildman–Crippen LogP) is 2.93. The van der Waals surface area contributed by atoms with Gasteiger partial charge in [0.15, 0.2) is 0 Å². The number of fused-ring (bicyclic) bond motifs is 1. The van der Waals surface area contributed by atoms with E-state index in [9.17, 15) is 4.79 Å². The van der Waals surface area contributed by atoms with Crippen molar-refractivity contribution in [3.05, 3.63) is 48.0 Å². The van der Waals surface area contributed by atoms with Crippen molar-refractivity contribution in [3.63, 3.8) is 0 Å². The van der Waals surface area contributed by atoms with Crippen LogP contribution in [0.25, 0.3) is 10.8 Å². The summed E-state index contributed by atoms with van der Waals surface area (Å²) in [6.07, 6.45) is 0.506. The number of hydrogen-bond donors (Lipinski definition) is 0. The van der Waals surface area contributed by atoms with E-state index in [-0.39, 0.29) is 5.91 Å². The Hall–Kier alpha value is -1.87. The maximum Gasteiger partial charge on any atom is 0.227 e. The molecule has 0 radical (unpaired) electrons. The van der Waals surface area contributed by atoms with Crippen molar-refractivity contribution < 1.29 is 4.79 Å². The van der Waals surface area contributed by atoms with E-state index in [1.165, 1.54) is 10.8 Å². The molecule has 3 rings (SSSR count). The minimum atomic E-state index is 0.249. The Morgan fingerprint density at radius 2 is 1.68 bits per heavy atom. The summed E-state index contributed by atoms with van der Waals surface area (Å²) in [4.78, 5) is 16.9. The Labute approximate surface area is 132 Å². The number of carbonyl (C=O) groups excluding carboxylic acids is 1. The minimum absolute atomic E-state index is 0.249. The van der Waals surface area contributed by atoms with E-state index in [1.807, 2.05) is 17.0 Å². The largest absolute Gasteiger partial charge is 0.340 e. The Balaban J connectivity index is 1.63. The molecule has 0 unspecified atom stereocenters. The fourth-order valence-electron chi connectivity index (χ4n) is 3.12. The molecular formula is C19H24N2O. The lowest BCUT2D eigenvalue weighted by atomic mass is 10.0. The molecule has 22 heavy (non-hydrogen) atoms. The fraction of sp³-hybridized carbons (Fsp3) is 0.421. The highest BCUT2D eigenvalue weighted by molar-refractivity contribution is 5.85. The highest BCUT2D eigenvalue weighted by Crippen LogP contribution is 2.17. The summed E-state index contributed by atoms with van der Waals surface area (Å²) in [5.74, 6) is 0.249. The number of rotatable bonds is 3. The van der Waals surface area contributed by atoms with Gasteiger partial charge in [0.25, 0.3) is 0 Å². The van der Waals surface area contributed by atoms with E-state index >= 15 is 0 Å². The predicted molar refractivity (Wildman–Crippen MR) is 90.9 cm³/mol. The zero-order valence-electron chi connectivity index (χ0n) is 13.5. The van der Waals surface area contributed by atoms with E-state index in [4.69, 9.17) is 0 Å². The zero-order chi connectivity index (χ0) is 15.5. The number of hydrogen-bond acceptors (Lipinski definition) is 2. The molecule has 1 heterocycles. The lowest BCUT2D eigenvalue weighted by molar-refractivity contribution is -0.132. The van der Waals surface area contributed by atoms with Crippen LogP contribution in [0, 0.1) is 0 Å². The van der Waals surface area contributed by atoms with Crippen LogP contribution in [-0.2, 0) is 11.2 Å². The molecule has 0 aromatic heterocycles. The van der Waals surface area contributed by atoms with Crippen molar-refractivity contribution in [1.82, 2.24) is 9.80 Å². The highest BCUT2D eigenvalue weighted by Gasteiger charge is 2.22. The molecule has 1 amide bonds. The smallest absolute Gasteiger partial charge is 0.227 e. The molecule has 2 aromatic rings. The second kappa shape index (κ2) is 6.49. The fourth-order valence-corrected chi connectivity index (χ4v) is 3.12. The van der Waals surface area contributed by atoms with Gasteiger partial charge in [0.2, 0.25) is 5.91 Å². The van der Waals surface area contributed by atoms with Crippen LogP contribution in [0.2, 0.25) is 0 Å². The van der Waals surface area contributed by atoms with E-state index < -0.39 is 0 Å². The van der Waals surface area contributed by atoms with E-state index in [0.717, 1.165) is 31.7 Å². The van der Waals surface area contributed by atoms with Crippen LogP contribution in [0.4, 0.5) is 0 Å². The first-order valence-electron chi connectivity index (χ1n) is 8.13. The molecule has 3 heteroatoms. The average Bonchev–Trinajstić information content (AvgIpc) is 2.55. The SMILES string of the molecule is CC(C)N1CCN(C(=O)Cc2ccc3ccccc3c2)CC1. The molecule has 0 saturated carbocycles. The first kappa shape index (κ1) is 15.0. The van der Waals surface area contributed by atoms with Crippen LogP contribution in [0.5, 0.6) is 0 Å². The number of benzene rings is 2. The van der Waals surface area contributed by atoms with Gasteiger partial charge in [-0.3, -0.25) is 9.69 Å². The standard InChI is InChI=1S/C19H24N2O/c1-15(2)20-9-11-21(12-10-20)19(22)14-16-7-8-17-5-3-4-6-18(17)13-16/h3-8,13,15H,9-12,14H2,1-2H3. The Bertz CT molecular complexity index is 657. The van der Waals surface area contributed by atoms with Crippen LogP contribution < -0.4 is 0 Å². The van der Waals surface area contributed by atoms with Gasteiger partial charge in [0.05, 0.1) is 6.42 Å². The van der Waals surface area contributed by atoms with Gasteiger partial charge in [-0.05, 0) is 30.2 Å². The third-order valence-electron chi connectivity index (χ3n) is 4.57. The van der Waals surface area contributed by atoms with Crippen LogP contribution in [0.3, 0.4) is 0 Å². The van der Waals surface area contributed by atoms with Gasteiger partial charge in [-0.25, -0.2) is 0 Å². The average molecular weight is 296 g/mol. The lowest BCUT2D eigenvalue weighted by Gasteiger charge is -2.37. The first-order valence-corrected chi connectivity index (χ1v) is 8.13.